The van der Waals surface area contributed by atoms with Crippen molar-refractivity contribution in [3.63, 3.8) is 0 Å². The molecule has 2 amide bonds. The molecule has 2 fully saturated rings. The van der Waals surface area contributed by atoms with E-state index in [-0.39, 0.29) is 0 Å². The molecule has 5 rings (SSSR count). The molecule has 0 radical (unpaired) electrons. The smallest absolute Gasteiger partial charge is 0.307 e. The van der Waals surface area contributed by atoms with E-state index in [1.165, 1.54) is 40.7 Å². The Bertz CT molecular complexity index is 953. The monoisotopic (exact) mass is 429 g/mol. The number of carbonyl (C=O) groups excluding carboxylic acids is 1. The number of benzene rings is 1. The second kappa shape index (κ2) is 8.00. The zero-order valence-electron chi connectivity index (χ0n) is 17.5. The van der Waals surface area contributed by atoms with E-state index >= 15 is 0 Å². The summed E-state index contributed by atoms with van der Waals surface area (Å²) in [6, 6.07) is 1.69. The van der Waals surface area contributed by atoms with Crippen LogP contribution in [0.2, 0.25) is 0 Å². The van der Waals surface area contributed by atoms with Crippen LogP contribution in [-0.2, 0) is 35.7 Å². The topological polar surface area (TPSA) is 78.5 Å². The van der Waals surface area contributed by atoms with Crippen molar-refractivity contribution in [3.05, 3.63) is 40.0 Å². The van der Waals surface area contributed by atoms with Gasteiger partial charge in [0.25, 0.3) is 0 Å². The van der Waals surface area contributed by atoms with Gasteiger partial charge in [0.05, 0.1) is 5.25 Å². The first-order chi connectivity index (χ1) is 14.5. The third-order valence-corrected chi connectivity index (χ3v) is 8.88. The molecule has 3 aliphatic carbocycles. The van der Waals surface area contributed by atoms with Crippen molar-refractivity contribution < 1.29 is 13.2 Å². The van der Waals surface area contributed by atoms with E-state index in [0.29, 0.717) is 12.8 Å². The van der Waals surface area contributed by atoms with Gasteiger partial charge in [-0.3, -0.25) is 4.90 Å². The summed E-state index contributed by atoms with van der Waals surface area (Å²) in [6.45, 7) is 3.19. The van der Waals surface area contributed by atoms with Gasteiger partial charge in [0, 0.05) is 12.2 Å². The number of sulfonamides is 1. The van der Waals surface area contributed by atoms with E-state index in [4.69, 9.17) is 0 Å². The van der Waals surface area contributed by atoms with Crippen molar-refractivity contribution in [3.8, 4) is 0 Å². The van der Waals surface area contributed by atoms with Crippen LogP contribution in [0.3, 0.4) is 0 Å². The number of nitrogens with one attached hydrogen (secondary N) is 2. The van der Waals surface area contributed by atoms with Crippen molar-refractivity contribution >= 4 is 21.7 Å². The number of nitrogens with zero attached hydrogens (tertiary/aromatic N) is 1. The Hall–Kier alpha value is -1.86. The summed E-state index contributed by atoms with van der Waals surface area (Å²) < 4.78 is 27.6. The highest BCUT2D eigenvalue weighted by molar-refractivity contribution is 7.90. The molecule has 1 aliphatic heterocycles. The second-order valence-corrected chi connectivity index (χ2v) is 11.2. The number of hydrogen-bond donors (Lipinski definition) is 2. The van der Waals surface area contributed by atoms with Crippen LogP contribution in [0, 0.1) is 0 Å². The summed E-state index contributed by atoms with van der Waals surface area (Å²) in [6.07, 6.45) is 12.0. The fourth-order valence-corrected chi connectivity index (χ4v) is 6.80. The number of hydrogen-bond acceptors (Lipinski definition) is 4. The fourth-order valence-electron chi connectivity index (χ4n) is 5.45. The molecule has 0 spiro atoms. The highest BCUT2D eigenvalue weighted by Crippen LogP contribution is 2.38. The minimum Gasteiger partial charge on any atom is -0.307 e. The van der Waals surface area contributed by atoms with E-state index in [2.05, 4.69) is 27.1 Å². The SMILES string of the molecule is O=C(Nc1c2c(cc3c1CCC3)CCC2)NS(=O)(=O)C1CC(=CCN2CCCC2)C1. The van der Waals surface area contributed by atoms with E-state index in [0.717, 1.165) is 63.8 Å². The van der Waals surface area contributed by atoms with Gasteiger partial charge in [-0.25, -0.2) is 17.9 Å². The molecule has 30 heavy (non-hydrogen) atoms. The molecule has 1 aromatic rings. The van der Waals surface area contributed by atoms with Gasteiger partial charge < -0.3 is 5.32 Å². The quantitative estimate of drug-likeness (QED) is 0.704. The standard InChI is InChI=1S/C23H31N3O3S/c27-23(24-22-20-7-3-5-17(20)15-18-6-4-8-21(18)22)25-30(28,29)19-13-16(14-19)9-12-26-10-1-2-11-26/h9,15,19H,1-8,10-14H2,(H2,24,25,27). The molecule has 0 unspecified atom stereocenters. The van der Waals surface area contributed by atoms with Crippen molar-refractivity contribution in [1.82, 2.24) is 9.62 Å². The van der Waals surface area contributed by atoms with Crippen LogP contribution in [0.25, 0.3) is 0 Å². The van der Waals surface area contributed by atoms with E-state index < -0.39 is 21.3 Å². The average molecular weight is 430 g/mol. The van der Waals surface area contributed by atoms with Gasteiger partial charge >= 0.3 is 6.03 Å². The van der Waals surface area contributed by atoms with Crippen LogP contribution in [0.15, 0.2) is 17.7 Å². The molecule has 1 heterocycles. The summed E-state index contributed by atoms with van der Waals surface area (Å²) in [5.74, 6) is 0. The van der Waals surface area contributed by atoms with Crippen molar-refractivity contribution in [2.24, 2.45) is 0 Å². The Kier molecular flexibility index (Phi) is 5.35. The molecular formula is C23H31N3O3S. The first kappa shape index (κ1) is 20.1. The summed E-state index contributed by atoms with van der Waals surface area (Å²) >= 11 is 0. The molecule has 162 valence electrons. The predicted molar refractivity (Wildman–Crippen MR) is 118 cm³/mol. The lowest BCUT2D eigenvalue weighted by atomic mass is 9.91. The number of carbonyl (C=O) groups is 1. The van der Waals surface area contributed by atoms with Crippen LogP contribution < -0.4 is 10.0 Å². The molecule has 0 atom stereocenters. The Morgan fingerprint density at radius 3 is 2.27 bits per heavy atom. The van der Waals surface area contributed by atoms with Gasteiger partial charge in [-0.15, -0.1) is 0 Å². The van der Waals surface area contributed by atoms with Gasteiger partial charge in [0.15, 0.2) is 0 Å². The number of fused-ring (bicyclic) bond motifs is 2. The van der Waals surface area contributed by atoms with Gasteiger partial charge in [-0.2, -0.15) is 0 Å². The van der Waals surface area contributed by atoms with Crippen molar-refractivity contribution in [2.45, 2.75) is 69.5 Å². The Morgan fingerprint density at radius 2 is 1.63 bits per heavy atom. The third-order valence-electron chi connectivity index (χ3n) is 7.20. The number of likely N-dealkylation sites (tertiary alicyclic amines) is 1. The number of anilines is 1. The Balaban J connectivity index is 1.21. The molecule has 1 saturated heterocycles. The molecular weight excluding hydrogens is 398 g/mol. The summed E-state index contributed by atoms with van der Waals surface area (Å²) in [5.41, 5.74) is 7.13. The van der Waals surface area contributed by atoms with Crippen molar-refractivity contribution in [2.75, 3.05) is 25.0 Å². The van der Waals surface area contributed by atoms with Crippen LogP contribution >= 0.6 is 0 Å². The average Bonchev–Trinajstić information content (AvgIpc) is 3.40. The molecule has 4 aliphatic rings. The van der Waals surface area contributed by atoms with Gasteiger partial charge in [-0.1, -0.05) is 17.7 Å². The van der Waals surface area contributed by atoms with Gasteiger partial charge in [0.1, 0.15) is 0 Å². The van der Waals surface area contributed by atoms with E-state index in [1.807, 2.05) is 0 Å². The lowest BCUT2D eigenvalue weighted by Gasteiger charge is -2.29. The maximum atomic E-state index is 12.7. The number of aryl methyl sites for hydroxylation is 2. The third kappa shape index (κ3) is 3.89. The first-order valence-corrected chi connectivity index (χ1v) is 12.9. The van der Waals surface area contributed by atoms with Gasteiger partial charge in [-0.05, 0) is 99.6 Å². The maximum absolute atomic E-state index is 12.7. The summed E-state index contributed by atoms with van der Waals surface area (Å²) in [5, 5.41) is 2.43. The lowest BCUT2D eigenvalue weighted by Crippen LogP contribution is -2.44. The molecule has 1 saturated carbocycles. The zero-order chi connectivity index (χ0) is 20.7. The molecule has 0 aromatic heterocycles. The van der Waals surface area contributed by atoms with Crippen LogP contribution in [0.5, 0.6) is 0 Å². The summed E-state index contributed by atoms with van der Waals surface area (Å²) in [7, 11) is -3.66. The molecule has 0 bridgehead atoms. The zero-order valence-corrected chi connectivity index (χ0v) is 18.3. The molecule has 2 N–H and O–H groups in total. The molecule has 7 heteroatoms. The van der Waals surface area contributed by atoms with Crippen LogP contribution in [0.4, 0.5) is 10.5 Å². The van der Waals surface area contributed by atoms with Crippen LogP contribution in [0.1, 0.15) is 60.8 Å². The number of urea groups is 1. The Morgan fingerprint density at radius 1 is 1.00 bits per heavy atom. The second-order valence-electron chi connectivity index (χ2n) is 9.24. The highest BCUT2D eigenvalue weighted by atomic mass is 32.2. The van der Waals surface area contributed by atoms with Crippen LogP contribution in [-0.4, -0.2) is 44.2 Å². The summed E-state index contributed by atoms with van der Waals surface area (Å²) in [4.78, 5) is 15.0. The normalized spacial score (nSPS) is 23.1. The molecule has 1 aromatic carbocycles. The largest absolute Gasteiger partial charge is 0.332 e. The fraction of sp³-hybridized carbons (Fsp3) is 0.609. The minimum absolute atomic E-state index is 0.500. The highest BCUT2D eigenvalue weighted by Gasteiger charge is 2.36. The van der Waals surface area contributed by atoms with E-state index in [9.17, 15) is 13.2 Å². The van der Waals surface area contributed by atoms with Crippen molar-refractivity contribution in [1.29, 1.82) is 0 Å². The minimum atomic E-state index is -3.66. The number of amides is 2. The Labute approximate surface area is 179 Å². The maximum Gasteiger partial charge on any atom is 0.332 e. The first-order valence-electron chi connectivity index (χ1n) is 11.4. The number of rotatable bonds is 5. The van der Waals surface area contributed by atoms with E-state index in [1.54, 1.807) is 0 Å². The predicted octanol–water partition coefficient (Wildman–Crippen LogP) is 3.30. The van der Waals surface area contributed by atoms with Gasteiger partial charge in [0.2, 0.25) is 10.0 Å². The lowest BCUT2D eigenvalue weighted by molar-refractivity contribution is 0.256. The molecule has 6 nitrogen and oxygen atoms in total. The number of allylic oxidation sites excluding steroid dienone is 1.